The van der Waals surface area contributed by atoms with Crippen LogP contribution in [0, 0.1) is 0 Å². The normalized spacial score (nSPS) is 22.9. The zero-order valence-corrected chi connectivity index (χ0v) is 6.80. The SMILES string of the molecule is O=C1SCC1c1ccccc1. The minimum Gasteiger partial charge on any atom is -0.286 e. The van der Waals surface area contributed by atoms with Gasteiger partial charge in [0.1, 0.15) is 0 Å². The molecule has 0 N–H and O–H groups in total. The maximum absolute atomic E-state index is 11.0. The maximum atomic E-state index is 11.0. The predicted molar refractivity (Wildman–Crippen MR) is 46.6 cm³/mol. The van der Waals surface area contributed by atoms with Crippen LogP contribution in [0.3, 0.4) is 0 Å². The minimum absolute atomic E-state index is 0.182. The third-order valence-corrected chi connectivity index (χ3v) is 2.95. The van der Waals surface area contributed by atoms with Crippen molar-refractivity contribution < 1.29 is 4.79 Å². The maximum Gasteiger partial charge on any atom is 0.197 e. The topological polar surface area (TPSA) is 17.1 Å². The number of thioether (sulfide) groups is 1. The van der Waals surface area contributed by atoms with Crippen molar-refractivity contribution in [3.05, 3.63) is 35.9 Å². The van der Waals surface area contributed by atoms with Crippen molar-refractivity contribution in [2.24, 2.45) is 0 Å². The van der Waals surface area contributed by atoms with Gasteiger partial charge in [-0.1, -0.05) is 42.1 Å². The van der Waals surface area contributed by atoms with Crippen molar-refractivity contribution >= 4 is 16.9 Å². The Kier molecular flexibility index (Phi) is 1.70. The summed E-state index contributed by atoms with van der Waals surface area (Å²) in [6.07, 6.45) is 0. The van der Waals surface area contributed by atoms with E-state index in [1.54, 1.807) is 0 Å². The highest BCUT2D eigenvalue weighted by Crippen LogP contribution is 2.35. The zero-order valence-electron chi connectivity index (χ0n) is 5.99. The van der Waals surface area contributed by atoms with Crippen LogP contribution in [-0.2, 0) is 4.79 Å². The van der Waals surface area contributed by atoms with Crippen LogP contribution < -0.4 is 0 Å². The summed E-state index contributed by atoms with van der Waals surface area (Å²) in [6, 6.07) is 9.96. The summed E-state index contributed by atoms with van der Waals surface area (Å²) in [6.45, 7) is 0. The Morgan fingerprint density at radius 2 is 2.00 bits per heavy atom. The van der Waals surface area contributed by atoms with Gasteiger partial charge in [0.25, 0.3) is 0 Å². The summed E-state index contributed by atoms with van der Waals surface area (Å²) in [5.74, 6) is 1.14. The van der Waals surface area contributed by atoms with Crippen LogP contribution in [0.5, 0.6) is 0 Å². The Morgan fingerprint density at radius 3 is 2.45 bits per heavy atom. The molecule has 1 atom stereocenters. The number of carbonyl (C=O) groups is 1. The first-order chi connectivity index (χ1) is 5.38. The van der Waals surface area contributed by atoms with E-state index in [9.17, 15) is 4.79 Å². The lowest BCUT2D eigenvalue weighted by Crippen LogP contribution is -2.22. The van der Waals surface area contributed by atoms with E-state index in [1.165, 1.54) is 11.8 Å². The summed E-state index contributed by atoms with van der Waals surface area (Å²) in [5.41, 5.74) is 1.16. The standard InChI is InChI=1S/C9H8OS/c10-9-8(6-11-9)7-4-2-1-3-5-7/h1-5,8H,6H2. The molecule has 56 valence electrons. The first kappa shape index (κ1) is 6.92. The fourth-order valence-corrected chi connectivity index (χ4v) is 1.95. The molecule has 0 radical (unpaired) electrons. The summed E-state index contributed by atoms with van der Waals surface area (Å²) >= 11 is 1.42. The van der Waals surface area contributed by atoms with Crippen molar-refractivity contribution in [1.82, 2.24) is 0 Å². The summed E-state index contributed by atoms with van der Waals surface area (Å²) in [5, 5.41) is 0.316. The van der Waals surface area contributed by atoms with Gasteiger partial charge in [-0.3, -0.25) is 4.79 Å². The summed E-state index contributed by atoms with van der Waals surface area (Å²) in [4.78, 5) is 11.0. The molecule has 2 heteroatoms. The summed E-state index contributed by atoms with van der Waals surface area (Å²) in [7, 11) is 0. The fraction of sp³-hybridized carbons (Fsp3) is 0.222. The molecular weight excluding hydrogens is 156 g/mol. The number of hydrogen-bond acceptors (Lipinski definition) is 2. The quantitative estimate of drug-likeness (QED) is 0.632. The van der Waals surface area contributed by atoms with Crippen molar-refractivity contribution in [2.75, 3.05) is 5.75 Å². The van der Waals surface area contributed by atoms with E-state index in [4.69, 9.17) is 0 Å². The van der Waals surface area contributed by atoms with E-state index in [2.05, 4.69) is 0 Å². The van der Waals surface area contributed by atoms with E-state index in [0.29, 0.717) is 5.12 Å². The largest absolute Gasteiger partial charge is 0.286 e. The average molecular weight is 164 g/mol. The summed E-state index contributed by atoms with van der Waals surface area (Å²) < 4.78 is 0. The van der Waals surface area contributed by atoms with Crippen molar-refractivity contribution in [2.45, 2.75) is 5.92 Å². The van der Waals surface area contributed by atoms with Gasteiger partial charge in [0, 0.05) is 5.75 Å². The Balaban J connectivity index is 2.23. The molecule has 0 bridgehead atoms. The highest BCUT2D eigenvalue weighted by atomic mass is 32.2. The van der Waals surface area contributed by atoms with Gasteiger partial charge in [0.15, 0.2) is 5.12 Å². The second kappa shape index (κ2) is 2.70. The van der Waals surface area contributed by atoms with E-state index in [1.807, 2.05) is 30.3 Å². The van der Waals surface area contributed by atoms with Crippen LogP contribution in [0.2, 0.25) is 0 Å². The Morgan fingerprint density at radius 1 is 1.27 bits per heavy atom. The van der Waals surface area contributed by atoms with Gasteiger partial charge in [0.2, 0.25) is 0 Å². The fourth-order valence-electron chi connectivity index (χ4n) is 1.15. The van der Waals surface area contributed by atoms with Gasteiger partial charge in [-0.2, -0.15) is 0 Å². The first-order valence-electron chi connectivity index (χ1n) is 3.59. The molecule has 1 aliphatic rings. The average Bonchev–Trinajstić information content (AvgIpc) is 2.04. The third-order valence-electron chi connectivity index (χ3n) is 1.88. The molecule has 1 fully saturated rings. The molecule has 0 saturated carbocycles. The molecular formula is C9H8OS. The molecule has 1 unspecified atom stereocenters. The molecule has 0 aliphatic carbocycles. The van der Waals surface area contributed by atoms with Gasteiger partial charge >= 0.3 is 0 Å². The highest BCUT2D eigenvalue weighted by molar-refractivity contribution is 8.15. The van der Waals surface area contributed by atoms with E-state index < -0.39 is 0 Å². The first-order valence-corrected chi connectivity index (χ1v) is 4.58. The minimum atomic E-state index is 0.182. The van der Waals surface area contributed by atoms with Crippen molar-refractivity contribution in [1.29, 1.82) is 0 Å². The van der Waals surface area contributed by atoms with Crippen molar-refractivity contribution in [3.63, 3.8) is 0 Å². The number of benzene rings is 1. The molecule has 0 amide bonds. The molecule has 11 heavy (non-hydrogen) atoms. The van der Waals surface area contributed by atoms with Crippen LogP contribution in [0.1, 0.15) is 11.5 Å². The van der Waals surface area contributed by atoms with Crippen LogP contribution >= 0.6 is 11.8 Å². The lowest BCUT2D eigenvalue weighted by Gasteiger charge is -2.22. The van der Waals surface area contributed by atoms with Gasteiger partial charge in [0.05, 0.1) is 5.92 Å². The molecule has 2 rings (SSSR count). The van der Waals surface area contributed by atoms with E-state index in [-0.39, 0.29) is 5.92 Å². The highest BCUT2D eigenvalue weighted by Gasteiger charge is 2.30. The monoisotopic (exact) mass is 164 g/mol. The molecule has 1 nitrogen and oxygen atoms in total. The Bertz CT molecular complexity index is 268. The molecule has 1 aromatic rings. The van der Waals surface area contributed by atoms with Gasteiger partial charge < -0.3 is 0 Å². The van der Waals surface area contributed by atoms with Crippen LogP contribution in [0.15, 0.2) is 30.3 Å². The van der Waals surface area contributed by atoms with Crippen molar-refractivity contribution in [3.8, 4) is 0 Å². The lowest BCUT2D eigenvalue weighted by atomic mass is 10.0. The van der Waals surface area contributed by atoms with Crippen LogP contribution in [-0.4, -0.2) is 10.9 Å². The van der Waals surface area contributed by atoms with Gasteiger partial charge in [-0.05, 0) is 5.56 Å². The zero-order chi connectivity index (χ0) is 7.68. The van der Waals surface area contributed by atoms with Crippen LogP contribution in [0.4, 0.5) is 0 Å². The molecule has 1 heterocycles. The van der Waals surface area contributed by atoms with E-state index >= 15 is 0 Å². The molecule has 0 aromatic heterocycles. The molecule has 1 saturated heterocycles. The number of rotatable bonds is 1. The van der Waals surface area contributed by atoms with Gasteiger partial charge in [-0.25, -0.2) is 0 Å². The van der Waals surface area contributed by atoms with Gasteiger partial charge in [-0.15, -0.1) is 0 Å². The third kappa shape index (κ3) is 1.18. The smallest absolute Gasteiger partial charge is 0.197 e. The molecule has 1 aliphatic heterocycles. The second-order valence-electron chi connectivity index (χ2n) is 2.59. The second-order valence-corrected chi connectivity index (χ2v) is 3.62. The predicted octanol–water partition coefficient (Wildman–Crippen LogP) is 2.04. The Hall–Kier alpha value is -0.760. The number of hydrogen-bond donors (Lipinski definition) is 0. The number of carbonyl (C=O) groups excluding carboxylic acids is 1. The Labute approximate surface area is 69.8 Å². The van der Waals surface area contributed by atoms with Crippen LogP contribution in [0.25, 0.3) is 0 Å². The molecule has 1 aromatic carbocycles. The lowest BCUT2D eigenvalue weighted by molar-refractivity contribution is -0.112. The molecule has 0 spiro atoms. The van der Waals surface area contributed by atoms with E-state index in [0.717, 1.165) is 11.3 Å².